The number of aromatic carboxylic acids is 1. The summed E-state index contributed by atoms with van der Waals surface area (Å²) in [4.78, 5) is 24.4. The molecule has 6 heteroatoms. The predicted octanol–water partition coefficient (Wildman–Crippen LogP) is 3.18. The van der Waals surface area contributed by atoms with Crippen molar-refractivity contribution in [2.45, 2.75) is 6.92 Å². The number of hydrogen-bond acceptors (Lipinski definition) is 3. The number of carboxylic acids is 1. The van der Waals surface area contributed by atoms with E-state index < -0.39 is 5.97 Å². The van der Waals surface area contributed by atoms with Crippen LogP contribution in [0, 0.1) is 0 Å². The van der Waals surface area contributed by atoms with Gasteiger partial charge in [0.1, 0.15) is 0 Å². The third-order valence-corrected chi connectivity index (χ3v) is 3.07. The third-order valence-electron chi connectivity index (χ3n) is 2.36. The van der Waals surface area contributed by atoms with E-state index in [2.05, 4.69) is 0 Å². The zero-order valence-corrected chi connectivity index (χ0v) is 12.2. The highest BCUT2D eigenvalue weighted by Gasteiger charge is 2.20. The Morgan fingerprint density at radius 3 is 2.26 bits per heavy atom. The van der Waals surface area contributed by atoms with Gasteiger partial charge in [-0.15, -0.1) is 0 Å². The second-order valence-corrected chi connectivity index (χ2v) is 4.94. The van der Waals surface area contributed by atoms with E-state index in [1.165, 1.54) is 19.1 Å². The van der Waals surface area contributed by atoms with Crippen LogP contribution in [-0.2, 0) is 4.79 Å². The number of hydrogen-bond donors (Lipinski definition) is 1. The summed E-state index contributed by atoms with van der Waals surface area (Å²) in [6.07, 6.45) is 1.56. The second-order valence-electron chi connectivity index (χ2n) is 4.15. The van der Waals surface area contributed by atoms with Crippen LogP contribution in [0.15, 0.2) is 18.3 Å². The summed E-state index contributed by atoms with van der Waals surface area (Å²) < 4.78 is 0. The van der Waals surface area contributed by atoms with E-state index in [1.54, 1.807) is 25.2 Å². The van der Waals surface area contributed by atoms with Gasteiger partial charge in [0.2, 0.25) is 0 Å². The van der Waals surface area contributed by atoms with Gasteiger partial charge in [-0.25, -0.2) is 4.79 Å². The van der Waals surface area contributed by atoms with E-state index in [-0.39, 0.29) is 32.5 Å². The Labute approximate surface area is 121 Å². The number of carbonyl (C=O) groups excluding carboxylic acids is 1. The van der Waals surface area contributed by atoms with E-state index in [0.29, 0.717) is 0 Å². The first-order chi connectivity index (χ1) is 8.75. The molecule has 102 valence electrons. The fraction of sp³-hybridized carbons (Fsp3) is 0.231. The molecule has 0 atom stereocenters. The second kappa shape index (κ2) is 6.08. The molecule has 0 bridgehead atoms. The SMILES string of the molecule is CC(=O)/C(=C\N(C)C)c1c(Cl)ccc(C(=O)O)c1Cl. The summed E-state index contributed by atoms with van der Waals surface area (Å²) >= 11 is 12.1. The van der Waals surface area contributed by atoms with Gasteiger partial charge in [-0.2, -0.15) is 0 Å². The largest absolute Gasteiger partial charge is 0.478 e. The normalized spacial score (nSPS) is 11.3. The maximum atomic E-state index is 11.7. The lowest BCUT2D eigenvalue weighted by Gasteiger charge is -2.14. The highest BCUT2D eigenvalue weighted by atomic mass is 35.5. The topological polar surface area (TPSA) is 57.6 Å². The predicted molar refractivity (Wildman–Crippen MR) is 75.8 cm³/mol. The standard InChI is InChI=1S/C13H13Cl2NO3/c1-7(17)9(6-16(2)3)11-10(14)5-4-8(12(11)15)13(18)19/h4-6H,1-3H3,(H,18,19)/b9-6+. The van der Waals surface area contributed by atoms with Gasteiger partial charge in [0.25, 0.3) is 0 Å². The number of carbonyl (C=O) groups is 2. The molecular formula is C13H13Cl2NO3. The number of ketones is 1. The van der Waals surface area contributed by atoms with Crippen molar-refractivity contribution in [2.75, 3.05) is 14.1 Å². The number of benzene rings is 1. The fourth-order valence-electron chi connectivity index (χ4n) is 1.55. The van der Waals surface area contributed by atoms with Gasteiger partial charge in [0.15, 0.2) is 5.78 Å². The monoisotopic (exact) mass is 301 g/mol. The number of halogens is 2. The molecule has 0 radical (unpaired) electrons. The molecule has 0 fully saturated rings. The summed E-state index contributed by atoms with van der Waals surface area (Å²) in [6.45, 7) is 1.37. The van der Waals surface area contributed by atoms with Gasteiger partial charge >= 0.3 is 5.97 Å². The van der Waals surface area contributed by atoms with Crippen LogP contribution in [0.25, 0.3) is 5.57 Å². The van der Waals surface area contributed by atoms with Crippen LogP contribution in [0.1, 0.15) is 22.8 Å². The third kappa shape index (κ3) is 3.49. The molecule has 0 spiro atoms. The Morgan fingerprint density at radius 2 is 1.84 bits per heavy atom. The number of nitrogens with zero attached hydrogens (tertiary/aromatic N) is 1. The lowest BCUT2D eigenvalue weighted by atomic mass is 10.0. The minimum absolute atomic E-state index is 0.0386. The van der Waals surface area contributed by atoms with Crippen LogP contribution >= 0.6 is 23.2 Å². The quantitative estimate of drug-likeness (QED) is 0.868. The van der Waals surface area contributed by atoms with Crippen molar-refractivity contribution in [1.29, 1.82) is 0 Å². The van der Waals surface area contributed by atoms with Crippen LogP contribution in [0.3, 0.4) is 0 Å². The van der Waals surface area contributed by atoms with Crippen molar-refractivity contribution in [2.24, 2.45) is 0 Å². The molecule has 0 saturated heterocycles. The summed E-state index contributed by atoms with van der Waals surface area (Å²) in [5.41, 5.74) is 0.416. The van der Waals surface area contributed by atoms with Crippen LogP contribution in [0.4, 0.5) is 0 Å². The van der Waals surface area contributed by atoms with Crippen molar-refractivity contribution < 1.29 is 14.7 Å². The van der Waals surface area contributed by atoms with Gasteiger partial charge in [-0.3, -0.25) is 4.79 Å². The van der Waals surface area contributed by atoms with Crippen LogP contribution < -0.4 is 0 Å². The molecule has 0 aliphatic rings. The smallest absolute Gasteiger partial charge is 0.337 e. The Bertz CT molecular complexity index is 565. The molecule has 0 amide bonds. The Morgan fingerprint density at radius 1 is 1.26 bits per heavy atom. The van der Waals surface area contributed by atoms with E-state index >= 15 is 0 Å². The lowest BCUT2D eigenvalue weighted by Crippen LogP contribution is -2.09. The molecule has 0 aliphatic carbocycles. The van der Waals surface area contributed by atoms with Crippen LogP contribution in [0.2, 0.25) is 10.0 Å². The molecule has 4 nitrogen and oxygen atoms in total. The van der Waals surface area contributed by atoms with Crippen molar-refractivity contribution in [1.82, 2.24) is 4.90 Å². The summed E-state index contributed by atoms with van der Waals surface area (Å²) in [5.74, 6) is -1.42. The first kappa shape index (κ1) is 15.5. The summed E-state index contributed by atoms with van der Waals surface area (Å²) in [6, 6.07) is 2.72. The van der Waals surface area contributed by atoms with E-state index in [0.717, 1.165) is 0 Å². The van der Waals surface area contributed by atoms with Gasteiger partial charge < -0.3 is 10.0 Å². The van der Waals surface area contributed by atoms with Crippen molar-refractivity contribution >= 4 is 40.5 Å². The van der Waals surface area contributed by atoms with E-state index in [4.69, 9.17) is 28.3 Å². The molecule has 0 aliphatic heterocycles. The Balaban J connectivity index is 3.60. The first-order valence-electron chi connectivity index (χ1n) is 5.36. The summed E-state index contributed by atoms with van der Waals surface area (Å²) in [7, 11) is 3.48. The molecule has 0 heterocycles. The zero-order valence-electron chi connectivity index (χ0n) is 10.7. The molecule has 1 aromatic carbocycles. The fourth-order valence-corrected chi connectivity index (χ4v) is 2.21. The minimum Gasteiger partial charge on any atom is -0.478 e. The van der Waals surface area contributed by atoms with Crippen LogP contribution in [0.5, 0.6) is 0 Å². The highest BCUT2D eigenvalue weighted by Crippen LogP contribution is 2.34. The maximum absolute atomic E-state index is 11.7. The number of carboxylic acid groups (broad SMARTS) is 1. The summed E-state index contributed by atoms with van der Waals surface area (Å²) in [5, 5.41) is 9.24. The van der Waals surface area contributed by atoms with Gasteiger partial charge in [0.05, 0.1) is 15.6 Å². The van der Waals surface area contributed by atoms with Crippen LogP contribution in [-0.4, -0.2) is 35.9 Å². The zero-order chi connectivity index (χ0) is 14.7. The average molecular weight is 302 g/mol. The molecule has 0 saturated carbocycles. The van der Waals surface area contributed by atoms with Gasteiger partial charge in [-0.1, -0.05) is 23.2 Å². The average Bonchev–Trinajstić information content (AvgIpc) is 2.26. The molecule has 1 N–H and O–H groups in total. The van der Waals surface area contributed by atoms with Crippen molar-refractivity contribution in [3.05, 3.63) is 39.5 Å². The van der Waals surface area contributed by atoms with Crippen molar-refractivity contribution in [3.8, 4) is 0 Å². The number of allylic oxidation sites excluding steroid dienone is 1. The number of rotatable bonds is 4. The lowest BCUT2D eigenvalue weighted by molar-refractivity contribution is -0.111. The number of Topliss-reactive ketones (excluding diaryl/α,β-unsaturated/α-hetero) is 1. The molecule has 1 aromatic rings. The molecule has 1 rings (SSSR count). The Kier molecular flexibility index (Phi) is 4.97. The van der Waals surface area contributed by atoms with E-state index in [1.807, 2.05) is 0 Å². The molecular weight excluding hydrogens is 289 g/mol. The maximum Gasteiger partial charge on any atom is 0.337 e. The first-order valence-corrected chi connectivity index (χ1v) is 6.12. The van der Waals surface area contributed by atoms with Gasteiger partial charge in [-0.05, 0) is 19.1 Å². The minimum atomic E-state index is -1.17. The molecule has 0 unspecified atom stereocenters. The van der Waals surface area contributed by atoms with Crippen molar-refractivity contribution in [3.63, 3.8) is 0 Å². The van der Waals surface area contributed by atoms with Gasteiger partial charge in [0, 0.05) is 31.4 Å². The Hall–Kier alpha value is -1.52. The van der Waals surface area contributed by atoms with E-state index in [9.17, 15) is 9.59 Å². The highest BCUT2D eigenvalue weighted by molar-refractivity contribution is 6.42. The molecule has 19 heavy (non-hydrogen) atoms. The molecule has 0 aromatic heterocycles.